The first kappa shape index (κ1) is 20.7. The van der Waals surface area contributed by atoms with Crippen LogP contribution in [-0.4, -0.2) is 28.1 Å². The van der Waals surface area contributed by atoms with Gasteiger partial charge in [-0.1, -0.05) is 36.4 Å². The number of amides is 2. The zero-order valence-corrected chi connectivity index (χ0v) is 18.6. The summed E-state index contributed by atoms with van der Waals surface area (Å²) in [7, 11) is 0. The molecule has 2 heterocycles. The van der Waals surface area contributed by atoms with E-state index < -0.39 is 0 Å². The molecule has 0 aliphatic carbocycles. The van der Waals surface area contributed by atoms with Crippen molar-refractivity contribution in [2.75, 3.05) is 16.8 Å². The minimum Gasteiger partial charge on any atom is -0.322 e. The van der Waals surface area contributed by atoms with Crippen LogP contribution in [0.25, 0.3) is 5.69 Å². The molecule has 0 unspecified atom stereocenters. The maximum atomic E-state index is 13.0. The highest BCUT2D eigenvalue weighted by molar-refractivity contribution is 6.08. The lowest BCUT2D eigenvalue weighted by Gasteiger charge is -2.17. The monoisotopic (exact) mass is 436 g/mol. The van der Waals surface area contributed by atoms with E-state index >= 15 is 0 Å². The second-order valence-corrected chi connectivity index (χ2v) is 8.16. The van der Waals surface area contributed by atoms with E-state index in [-0.39, 0.29) is 11.8 Å². The molecule has 1 N–H and O–H groups in total. The van der Waals surface area contributed by atoms with Gasteiger partial charge in [0, 0.05) is 23.5 Å². The van der Waals surface area contributed by atoms with Crippen LogP contribution >= 0.6 is 0 Å². The summed E-state index contributed by atoms with van der Waals surface area (Å²) < 4.78 is 1.78. The van der Waals surface area contributed by atoms with E-state index in [9.17, 15) is 9.59 Å². The molecule has 0 radical (unpaired) electrons. The van der Waals surface area contributed by atoms with Crippen LogP contribution in [0.4, 0.5) is 11.4 Å². The molecule has 1 aromatic heterocycles. The van der Waals surface area contributed by atoms with Crippen molar-refractivity contribution < 1.29 is 9.59 Å². The number of nitrogens with one attached hydrogen (secondary N) is 1. The molecule has 6 nitrogen and oxygen atoms in total. The van der Waals surface area contributed by atoms with Gasteiger partial charge in [-0.05, 0) is 68.3 Å². The number of carbonyl (C=O) groups is 2. The molecule has 1 aliphatic heterocycles. The molecule has 0 spiro atoms. The van der Waals surface area contributed by atoms with Gasteiger partial charge in [0.25, 0.3) is 11.8 Å². The topological polar surface area (TPSA) is 67.2 Å². The molecule has 33 heavy (non-hydrogen) atoms. The van der Waals surface area contributed by atoms with Crippen molar-refractivity contribution in [2.45, 2.75) is 20.3 Å². The third kappa shape index (κ3) is 3.80. The summed E-state index contributed by atoms with van der Waals surface area (Å²) in [5.41, 5.74) is 6.27. The minimum absolute atomic E-state index is 0.0337. The highest BCUT2D eigenvalue weighted by Gasteiger charge is 2.25. The average Bonchev–Trinajstić information content (AvgIpc) is 3.40. The molecule has 3 aromatic carbocycles. The van der Waals surface area contributed by atoms with Crippen LogP contribution in [0.1, 0.15) is 37.7 Å². The first-order chi connectivity index (χ1) is 16.0. The fourth-order valence-corrected chi connectivity index (χ4v) is 4.39. The Bertz CT molecular complexity index is 1340. The largest absolute Gasteiger partial charge is 0.322 e. The van der Waals surface area contributed by atoms with Gasteiger partial charge in [-0.2, -0.15) is 5.10 Å². The number of nitrogens with zero attached hydrogens (tertiary/aromatic N) is 3. The van der Waals surface area contributed by atoms with E-state index in [2.05, 4.69) is 16.5 Å². The lowest BCUT2D eigenvalue weighted by Crippen LogP contribution is -2.28. The fraction of sp³-hybridized carbons (Fsp3) is 0.148. The lowest BCUT2D eigenvalue weighted by atomic mass is 10.1. The number of benzene rings is 3. The summed E-state index contributed by atoms with van der Waals surface area (Å²) in [6.07, 6.45) is 0.866. The second kappa shape index (κ2) is 8.39. The molecule has 0 fully saturated rings. The Balaban J connectivity index is 1.33. The van der Waals surface area contributed by atoms with E-state index in [0.717, 1.165) is 23.5 Å². The predicted molar refractivity (Wildman–Crippen MR) is 129 cm³/mol. The van der Waals surface area contributed by atoms with Crippen molar-refractivity contribution in [3.05, 3.63) is 107 Å². The number of hydrogen-bond donors (Lipinski definition) is 1. The van der Waals surface area contributed by atoms with Crippen molar-refractivity contribution in [1.29, 1.82) is 0 Å². The third-order valence-corrected chi connectivity index (χ3v) is 6.04. The van der Waals surface area contributed by atoms with Gasteiger partial charge in [-0.25, -0.2) is 4.68 Å². The highest BCUT2D eigenvalue weighted by atomic mass is 16.2. The summed E-state index contributed by atoms with van der Waals surface area (Å²) in [6.45, 7) is 4.40. The number of rotatable bonds is 4. The van der Waals surface area contributed by atoms with Crippen LogP contribution in [0, 0.1) is 13.8 Å². The van der Waals surface area contributed by atoms with E-state index in [1.165, 1.54) is 5.56 Å². The van der Waals surface area contributed by atoms with Crippen molar-refractivity contribution >= 4 is 23.2 Å². The third-order valence-electron chi connectivity index (χ3n) is 6.04. The van der Waals surface area contributed by atoms with Gasteiger partial charge in [-0.3, -0.25) is 9.59 Å². The maximum Gasteiger partial charge on any atom is 0.259 e. The molecule has 0 saturated carbocycles. The molecule has 2 amide bonds. The number of fused-ring (bicyclic) bond motifs is 1. The van der Waals surface area contributed by atoms with E-state index in [1.54, 1.807) is 28.9 Å². The number of aromatic nitrogens is 2. The first-order valence-electron chi connectivity index (χ1n) is 11.0. The standard InChI is InChI=1S/C27H24N4O2/c1-18-25(19(2)31(29-18)23-9-4-3-5-10-23)26(32)28-22-14-12-21(13-15-22)27(33)30-17-16-20-8-6-7-11-24(20)30/h3-15H,16-17H2,1-2H3,(H,28,32). The summed E-state index contributed by atoms with van der Waals surface area (Å²) in [4.78, 5) is 27.9. The predicted octanol–water partition coefficient (Wildman–Crippen LogP) is 4.94. The summed E-state index contributed by atoms with van der Waals surface area (Å²) in [5, 5.41) is 7.49. The van der Waals surface area contributed by atoms with E-state index in [0.29, 0.717) is 29.1 Å². The Morgan fingerprint density at radius 3 is 2.33 bits per heavy atom. The van der Waals surface area contributed by atoms with Gasteiger partial charge in [0.15, 0.2) is 0 Å². The van der Waals surface area contributed by atoms with Gasteiger partial charge in [-0.15, -0.1) is 0 Å². The Labute approximate surface area is 192 Å². The van der Waals surface area contributed by atoms with Crippen LogP contribution < -0.4 is 10.2 Å². The number of aryl methyl sites for hydroxylation is 1. The fourth-order valence-electron chi connectivity index (χ4n) is 4.39. The molecule has 0 atom stereocenters. The normalized spacial score (nSPS) is 12.5. The van der Waals surface area contributed by atoms with Crippen molar-refractivity contribution in [3.63, 3.8) is 0 Å². The van der Waals surface area contributed by atoms with Crippen molar-refractivity contribution in [1.82, 2.24) is 9.78 Å². The molecular formula is C27H24N4O2. The average molecular weight is 437 g/mol. The number of para-hydroxylation sites is 2. The van der Waals surface area contributed by atoms with Gasteiger partial charge in [0.05, 0.1) is 22.6 Å². The zero-order chi connectivity index (χ0) is 22.9. The van der Waals surface area contributed by atoms with Gasteiger partial charge in [0.2, 0.25) is 0 Å². The molecule has 5 rings (SSSR count). The Morgan fingerprint density at radius 1 is 0.879 bits per heavy atom. The van der Waals surface area contributed by atoms with Crippen LogP contribution in [0.3, 0.4) is 0 Å². The molecule has 6 heteroatoms. The van der Waals surface area contributed by atoms with Gasteiger partial charge < -0.3 is 10.2 Å². The lowest BCUT2D eigenvalue weighted by molar-refractivity contribution is 0.0988. The van der Waals surface area contributed by atoms with E-state index in [1.807, 2.05) is 67.3 Å². The summed E-state index contributed by atoms with van der Waals surface area (Å²) >= 11 is 0. The molecule has 1 aliphatic rings. The number of carbonyl (C=O) groups excluding carboxylic acids is 2. The maximum absolute atomic E-state index is 13.0. The highest BCUT2D eigenvalue weighted by Crippen LogP contribution is 2.29. The first-order valence-corrected chi connectivity index (χ1v) is 11.0. The molecular weight excluding hydrogens is 412 g/mol. The van der Waals surface area contributed by atoms with Gasteiger partial charge in [0.1, 0.15) is 0 Å². The van der Waals surface area contributed by atoms with Crippen LogP contribution in [-0.2, 0) is 6.42 Å². The zero-order valence-electron chi connectivity index (χ0n) is 18.6. The van der Waals surface area contributed by atoms with E-state index in [4.69, 9.17) is 0 Å². The van der Waals surface area contributed by atoms with Crippen molar-refractivity contribution in [2.24, 2.45) is 0 Å². The second-order valence-electron chi connectivity index (χ2n) is 8.16. The van der Waals surface area contributed by atoms with Crippen molar-refractivity contribution in [3.8, 4) is 5.69 Å². The smallest absolute Gasteiger partial charge is 0.259 e. The summed E-state index contributed by atoms with van der Waals surface area (Å²) in [5.74, 6) is -0.256. The number of anilines is 2. The van der Waals surface area contributed by atoms with Crippen LogP contribution in [0.15, 0.2) is 78.9 Å². The number of hydrogen-bond acceptors (Lipinski definition) is 3. The Hall–Kier alpha value is -4.19. The Morgan fingerprint density at radius 2 is 1.58 bits per heavy atom. The Kier molecular flexibility index (Phi) is 5.26. The van der Waals surface area contributed by atoms with Gasteiger partial charge >= 0.3 is 0 Å². The molecule has 0 bridgehead atoms. The quantitative estimate of drug-likeness (QED) is 0.493. The van der Waals surface area contributed by atoms with Crippen LogP contribution in [0.5, 0.6) is 0 Å². The van der Waals surface area contributed by atoms with Crippen LogP contribution in [0.2, 0.25) is 0 Å². The summed E-state index contributed by atoms with van der Waals surface area (Å²) in [6, 6.07) is 24.8. The SMILES string of the molecule is Cc1nn(-c2ccccc2)c(C)c1C(=O)Nc1ccc(C(=O)N2CCc3ccccc32)cc1. The molecule has 0 saturated heterocycles. The minimum atomic E-state index is -0.222. The molecule has 164 valence electrons. The molecule has 4 aromatic rings.